The van der Waals surface area contributed by atoms with E-state index in [2.05, 4.69) is 13.8 Å². The molecule has 0 saturated heterocycles. The molecule has 0 unspecified atom stereocenters. The lowest BCUT2D eigenvalue weighted by molar-refractivity contribution is 0.103. The van der Waals surface area contributed by atoms with E-state index < -0.39 is 0 Å². The van der Waals surface area contributed by atoms with E-state index >= 15 is 0 Å². The minimum absolute atomic E-state index is 0.169. The third kappa shape index (κ3) is 5.50. The number of carbonyl (C=O) groups excluding carboxylic acids is 1. The maximum atomic E-state index is 11.3. The average Bonchev–Trinajstić information content (AvgIpc) is 2.14. The summed E-state index contributed by atoms with van der Waals surface area (Å²) >= 11 is 0. The molecule has 0 rings (SSSR count). The lowest BCUT2D eigenvalue weighted by Gasteiger charge is -2.19. The van der Waals surface area contributed by atoms with Crippen LogP contribution < -0.4 is 0 Å². The van der Waals surface area contributed by atoms with Gasteiger partial charge in [-0.05, 0) is 19.8 Å². The molecule has 0 aliphatic heterocycles. The summed E-state index contributed by atoms with van der Waals surface area (Å²) in [4.78, 5) is 13.1. The van der Waals surface area contributed by atoms with Crippen LogP contribution in [0.2, 0.25) is 0 Å². The van der Waals surface area contributed by atoms with E-state index in [4.69, 9.17) is 4.74 Å². The molecular weight excluding hydrogens is 166 g/mol. The number of unbranched alkanes of at least 4 members (excludes halogenated alkanes) is 1. The van der Waals surface area contributed by atoms with E-state index in [-0.39, 0.29) is 6.09 Å². The minimum atomic E-state index is -0.169. The van der Waals surface area contributed by atoms with Crippen molar-refractivity contribution in [1.82, 2.24) is 4.90 Å². The molecule has 78 valence electrons. The normalized spacial score (nSPS) is 9.77. The fourth-order valence-electron chi connectivity index (χ4n) is 1.04. The molecular formula is C10H21NO2. The van der Waals surface area contributed by atoms with Crippen molar-refractivity contribution >= 4 is 6.09 Å². The minimum Gasteiger partial charge on any atom is -0.449 e. The van der Waals surface area contributed by atoms with Gasteiger partial charge >= 0.3 is 6.09 Å². The summed E-state index contributed by atoms with van der Waals surface area (Å²) in [5, 5.41) is 0. The third-order valence-corrected chi connectivity index (χ3v) is 1.86. The van der Waals surface area contributed by atoms with Gasteiger partial charge in [-0.15, -0.1) is 0 Å². The Hall–Kier alpha value is -0.730. The second-order valence-electron chi connectivity index (χ2n) is 3.05. The van der Waals surface area contributed by atoms with Gasteiger partial charge in [-0.25, -0.2) is 4.79 Å². The van der Waals surface area contributed by atoms with Gasteiger partial charge in [0.1, 0.15) is 0 Å². The summed E-state index contributed by atoms with van der Waals surface area (Å²) in [5.74, 6) is 0. The van der Waals surface area contributed by atoms with Crippen LogP contribution in [-0.4, -0.2) is 30.7 Å². The van der Waals surface area contributed by atoms with Gasteiger partial charge in [0.2, 0.25) is 0 Å². The van der Waals surface area contributed by atoms with Crippen LogP contribution >= 0.6 is 0 Å². The van der Waals surface area contributed by atoms with E-state index in [0.717, 1.165) is 32.4 Å². The first-order valence-corrected chi connectivity index (χ1v) is 5.17. The van der Waals surface area contributed by atoms with E-state index in [1.165, 1.54) is 0 Å². The summed E-state index contributed by atoms with van der Waals surface area (Å²) < 4.78 is 5.08. The highest BCUT2D eigenvalue weighted by Crippen LogP contribution is 1.97. The van der Waals surface area contributed by atoms with Gasteiger partial charge in [-0.3, -0.25) is 0 Å². The quantitative estimate of drug-likeness (QED) is 0.598. The number of nitrogens with zero attached hydrogens (tertiary/aromatic N) is 1. The molecule has 3 heteroatoms. The first-order valence-electron chi connectivity index (χ1n) is 5.17. The lowest BCUT2D eigenvalue weighted by atomic mass is 10.4. The maximum Gasteiger partial charge on any atom is 0.409 e. The molecule has 0 aliphatic carbocycles. The van der Waals surface area contributed by atoms with Crippen LogP contribution in [0.5, 0.6) is 0 Å². The Balaban J connectivity index is 3.64. The zero-order valence-corrected chi connectivity index (χ0v) is 9.01. The number of hydrogen-bond acceptors (Lipinski definition) is 2. The Labute approximate surface area is 81.1 Å². The SMILES string of the molecule is CCCCOC(=O)N(CC)CCC. The van der Waals surface area contributed by atoms with Gasteiger partial charge in [0.15, 0.2) is 0 Å². The molecule has 0 aromatic carbocycles. The van der Waals surface area contributed by atoms with Crippen molar-refractivity contribution in [1.29, 1.82) is 0 Å². The molecule has 0 N–H and O–H groups in total. The molecule has 0 saturated carbocycles. The second kappa shape index (κ2) is 7.90. The molecule has 0 aliphatic rings. The fourth-order valence-corrected chi connectivity index (χ4v) is 1.04. The number of ether oxygens (including phenoxy) is 1. The van der Waals surface area contributed by atoms with Crippen LogP contribution in [0, 0.1) is 0 Å². The van der Waals surface area contributed by atoms with Gasteiger partial charge in [0.25, 0.3) is 0 Å². The monoisotopic (exact) mass is 187 g/mol. The largest absolute Gasteiger partial charge is 0.449 e. The summed E-state index contributed by atoms with van der Waals surface area (Å²) in [5.41, 5.74) is 0. The lowest BCUT2D eigenvalue weighted by Crippen LogP contribution is -2.32. The van der Waals surface area contributed by atoms with Crippen molar-refractivity contribution in [3.05, 3.63) is 0 Å². The van der Waals surface area contributed by atoms with Crippen LogP contribution in [0.1, 0.15) is 40.0 Å². The standard InChI is InChI=1S/C10H21NO2/c1-4-7-9-13-10(12)11(6-3)8-5-2/h4-9H2,1-3H3. The van der Waals surface area contributed by atoms with E-state index in [1.807, 2.05) is 6.92 Å². The Morgan fingerprint density at radius 2 is 1.92 bits per heavy atom. The number of carbonyl (C=O) groups is 1. The van der Waals surface area contributed by atoms with Crippen molar-refractivity contribution < 1.29 is 9.53 Å². The summed E-state index contributed by atoms with van der Waals surface area (Å²) in [6.07, 6.45) is 2.83. The van der Waals surface area contributed by atoms with Crippen molar-refractivity contribution in [3.8, 4) is 0 Å². The second-order valence-corrected chi connectivity index (χ2v) is 3.05. The van der Waals surface area contributed by atoms with Crippen LogP contribution in [0.25, 0.3) is 0 Å². The Kier molecular flexibility index (Phi) is 7.45. The highest BCUT2D eigenvalue weighted by Gasteiger charge is 2.10. The molecule has 0 spiro atoms. The Bertz CT molecular complexity index is 137. The molecule has 0 radical (unpaired) electrons. The predicted octanol–water partition coefficient (Wildman–Crippen LogP) is 2.66. The molecule has 0 bridgehead atoms. The van der Waals surface area contributed by atoms with Gasteiger partial charge in [-0.2, -0.15) is 0 Å². The molecule has 0 aromatic rings. The molecule has 0 atom stereocenters. The van der Waals surface area contributed by atoms with E-state index in [0.29, 0.717) is 6.61 Å². The first-order chi connectivity index (χ1) is 6.26. The average molecular weight is 187 g/mol. The predicted molar refractivity (Wildman–Crippen MR) is 53.8 cm³/mol. The Morgan fingerprint density at radius 1 is 1.23 bits per heavy atom. The van der Waals surface area contributed by atoms with Crippen molar-refractivity contribution in [2.24, 2.45) is 0 Å². The number of rotatable bonds is 6. The molecule has 1 amide bonds. The highest BCUT2D eigenvalue weighted by molar-refractivity contribution is 5.67. The number of hydrogen-bond donors (Lipinski definition) is 0. The zero-order chi connectivity index (χ0) is 10.1. The van der Waals surface area contributed by atoms with Crippen molar-refractivity contribution in [2.75, 3.05) is 19.7 Å². The Morgan fingerprint density at radius 3 is 2.38 bits per heavy atom. The molecule has 13 heavy (non-hydrogen) atoms. The fraction of sp³-hybridized carbons (Fsp3) is 0.900. The van der Waals surface area contributed by atoms with Crippen LogP contribution in [-0.2, 0) is 4.74 Å². The van der Waals surface area contributed by atoms with Gasteiger partial charge < -0.3 is 9.64 Å². The van der Waals surface area contributed by atoms with Crippen LogP contribution in [0.3, 0.4) is 0 Å². The smallest absolute Gasteiger partial charge is 0.409 e. The first kappa shape index (κ1) is 12.3. The van der Waals surface area contributed by atoms with Crippen molar-refractivity contribution in [3.63, 3.8) is 0 Å². The van der Waals surface area contributed by atoms with E-state index in [1.54, 1.807) is 4.90 Å². The van der Waals surface area contributed by atoms with Gasteiger partial charge in [-0.1, -0.05) is 20.3 Å². The van der Waals surface area contributed by atoms with Crippen LogP contribution in [0.4, 0.5) is 4.79 Å². The number of amides is 1. The molecule has 0 aromatic heterocycles. The summed E-state index contributed by atoms with van der Waals surface area (Å²) in [7, 11) is 0. The highest BCUT2D eigenvalue weighted by atomic mass is 16.6. The maximum absolute atomic E-state index is 11.3. The summed E-state index contributed by atoms with van der Waals surface area (Å²) in [6, 6.07) is 0. The third-order valence-electron chi connectivity index (χ3n) is 1.86. The van der Waals surface area contributed by atoms with Gasteiger partial charge in [0.05, 0.1) is 6.61 Å². The van der Waals surface area contributed by atoms with E-state index in [9.17, 15) is 4.79 Å². The van der Waals surface area contributed by atoms with Crippen molar-refractivity contribution in [2.45, 2.75) is 40.0 Å². The zero-order valence-electron chi connectivity index (χ0n) is 9.01. The topological polar surface area (TPSA) is 29.5 Å². The van der Waals surface area contributed by atoms with Gasteiger partial charge in [0, 0.05) is 13.1 Å². The van der Waals surface area contributed by atoms with Crippen LogP contribution in [0.15, 0.2) is 0 Å². The molecule has 0 heterocycles. The molecule has 0 fully saturated rings. The summed E-state index contributed by atoms with van der Waals surface area (Å²) in [6.45, 7) is 8.19. The molecule has 3 nitrogen and oxygen atoms in total.